The lowest BCUT2D eigenvalue weighted by Gasteiger charge is -2.31. The van der Waals surface area contributed by atoms with Crippen molar-refractivity contribution in [2.24, 2.45) is 5.92 Å². The maximum atomic E-state index is 12.7. The third-order valence-electron chi connectivity index (χ3n) is 4.54. The molecule has 1 aliphatic heterocycles. The zero-order valence-electron chi connectivity index (χ0n) is 14.6. The second-order valence-corrected chi connectivity index (χ2v) is 8.70. The largest absolute Gasteiger partial charge is 0.493 e. The average molecular weight is 359 g/mol. The Hall–Kier alpha value is -1.85. The van der Waals surface area contributed by atoms with Crippen LogP contribution in [0.2, 0.25) is 0 Å². The molecular formula is C20H25NO3S. The van der Waals surface area contributed by atoms with E-state index >= 15 is 0 Å². The predicted molar refractivity (Wildman–Crippen MR) is 100 cm³/mol. The SMILES string of the molecule is Cc1cccc(OCC2CCCN(S(=O)(=O)Cc3ccccc3)C2)c1. The maximum absolute atomic E-state index is 12.7. The fourth-order valence-electron chi connectivity index (χ4n) is 3.21. The van der Waals surface area contributed by atoms with Gasteiger partial charge in [-0.1, -0.05) is 42.5 Å². The highest BCUT2D eigenvalue weighted by Gasteiger charge is 2.29. The first-order chi connectivity index (χ1) is 12.0. The molecule has 1 fully saturated rings. The standard InChI is InChI=1S/C20H25NO3S/c1-17-7-5-11-20(13-17)24-15-19-10-6-12-21(14-19)25(22,23)16-18-8-3-2-4-9-18/h2-5,7-9,11,13,19H,6,10,12,14-16H2,1H3. The van der Waals surface area contributed by atoms with Gasteiger partial charge in [0.25, 0.3) is 0 Å². The monoisotopic (exact) mass is 359 g/mol. The molecule has 3 rings (SSSR count). The number of rotatable bonds is 6. The Morgan fingerprint density at radius 3 is 2.68 bits per heavy atom. The Morgan fingerprint density at radius 1 is 1.12 bits per heavy atom. The molecule has 0 N–H and O–H groups in total. The molecule has 2 aromatic rings. The Bertz CT molecular complexity index is 790. The fourth-order valence-corrected chi connectivity index (χ4v) is 4.85. The van der Waals surface area contributed by atoms with E-state index in [1.54, 1.807) is 4.31 Å². The molecule has 1 heterocycles. The van der Waals surface area contributed by atoms with Crippen LogP contribution >= 0.6 is 0 Å². The lowest BCUT2D eigenvalue weighted by Crippen LogP contribution is -2.42. The number of nitrogens with zero attached hydrogens (tertiary/aromatic N) is 1. The molecule has 1 aliphatic rings. The normalized spacial score (nSPS) is 18.8. The van der Waals surface area contributed by atoms with E-state index in [9.17, 15) is 8.42 Å². The predicted octanol–water partition coefficient (Wildman–Crippen LogP) is 3.62. The fraction of sp³-hybridized carbons (Fsp3) is 0.400. The van der Waals surface area contributed by atoms with Crippen LogP contribution < -0.4 is 4.74 Å². The number of benzene rings is 2. The summed E-state index contributed by atoms with van der Waals surface area (Å²) in [4.78, 5) is 0. The number of piperidine rings is 1. The number of hydrogen-bond acceptors (Lipinski definition) is 3. The van der Waals surface area contributed by atoms with E-state index in [0.717, 1.165) is 29.7 Å². The topological polar surface area (TPSA) is 46.6 Å². The molecule has 5 heteroatoms. The van der Waals surface area contributed by atoms with Crippen molar-refractivity contribution in [1.29, 1.82) is 0 Å². The van der Waals surface area contributed by atoms with E-state index in [4.69, 9.17) is 4.74 Å². The minimum absolute atomic E-state index is 0.0687. The van der Waals surface area contributed by atoms with Crippen molar-refractivity contribution in [3.8, 4) is 5.75 Å². The van der Waals surface area contributed by atoms with Gasteiger partial charge in [0.15, 0.2) is 0 Å². The van der Waals surface area contributed by atoms with Crippen LogP contribution in [0.1, 0.15) is 24.0 Å². The van der Waals surface area contributed by atoms with Crippen LogP contribution in [-0.2, 0) is 15.8 Å². The van der Waals surface area contributed by atoms with Gasteiger partial charge in [-0.3, -0.25) is 0 Å². The molecule has 134 valence electrons. The summed E-state index contributed by atoms with van der Waals surface area (Å²) in [5.41, 5.74) is 1.99. The van der Waals surface area contributed by atoms with Crippen molar-refractivity contribution in [2.75, 3.05) is 19.7 Å². The first kappa shape index (κ1) is 18.0. The van der Waals surface area contributed by atoms with Gasteiger partial charge in [0.2, 0.25) is 10.0 Å². The molecule has 0 amide bonds. The van der Waals surface area contributed by atoms with Crippen LogP contribution in [0.5, 0.6) is 5.75 Å². The second-order valence-electron chi connectivity index (χ2n) is 6.74. The molecule has 25 heavy (non-hydrogen) atoms. The minimum atomic E-state index is -3.28. The first-order valence-electron chi connectivity index (χ1n) is 8.74. The highest BCUT2D eigenvalue weighted by molar-refractivity contribution is 7.88. The van der Waals surface area contributed by atoms with Crippen molar-refractivity contribution in [3.05, 3.63) is 65.7 Å². The Morgan fingerprint density at radius 2 is 1.92 bits per heavy atom. The molecule has 0 radical (unpaired) electrons. The van der Waals surface area contributed by atoms with Crippen molar-refractivity contribution >= 4 is 10.0 Å². The summed E-state index contributed by atoms with van der Waals surface area (Å²) in [5.74, 6) is 1.16. The van der Waals surface area contributed by atoms with Gasteiger partial charge in [-0.25, -0.2) is 12.7 Å². The van der Waals surface area contributed by atoms with Gasteiger partial charge in [-0.2, -0.15) is 0 Å². The summed E-state index contributed by atoms with van der Waals surface area (Å²) in [7, 11) is -3.28. The molecule has 2 aromatic carbocycles. The van der Waals surface area contributed by atoms with E-state index in [2.05, 4.69) is 0 Å². The number of sulfonamides is 1. The quantitative estimate of drug-likeness (QED) is 0.791. The molecule has 0 spiro atoms. The molecule has 4 nitrogen and oxygen atoms in total. The highest BCUT2D eigenvalue weighted by Crippen LogP contribution is 2.23. The Balaban J connectivity index is 1.58. The van der Waals surface area contributed by atoms with Crippen LogP contribution in [0.3, 0.4) is 0 Å². The summed E-state index contributed by atoms with van der Waals surface area (Å²) in [6, 6.07) is 17.3. The van der Waals surface area contributed by atoms with E-state index in [0.29, 0.717) is 19.7 Å². The smallest absolute Gasteiger partial charge is 0.218 e. The van der Waals surface area contributed by atoms with E-state index in [1.165, 1.54) is 0 Å². The maximum Gasteiger partial charge on any atom is 0.218 e. The molecule has 0 aromatic heterocycles. The summed E-state index contributed by atoms with van der Waals surface area (Å²) < 4.78 is 32.9. The summed E-state index contributed by atoms with van der Waals surface area (Å²) in [6.07, 6.45) is 1.89. The zero-order chi connectivity index (χ0) is 17.7. The summed E-state index contributed by atoms with van der Waals surface area (Å²) in [6.45, 7) is 3.74. The molecule has 0 saturated carbocycles. The van der Waals surface area contributed by atoms with E-state index in [-0.39, 0.29) is 11.7 Å². The van der Waals surface area contributed by atoms with Crippen molar-refractivity contribution < 1.29 is 13.2 Å². The van der Waals surface area contributed by atoms with Crippen LogP contribution in [0, 0.1) is 12.8 Å². The van der Waals surface area contributed by atoms with E-state index in [1.807, 2.05) is 61.5 Å². The van der Waals surface area contributed by atoms with Crippen molar-refractivity contribution in [3.63, 3.8) is 0 Å². The third kappa shape index (κ3) is 5.06. The molecule has 0 bridgehead atoms. The number of aryl methyl sites for hydroxylation is 1. The van der Waals surface area contributed by atoms with E-state index < -0.39 is 10.0 Å². The number of hydrogen-bond donors (Lipinski definition) is 0. The van der Waals surface area contributed by atoms with Gasteiger partial charge in [0.1, 0.15) is 5.75 Å². The van der Waals surface area contributed by atoms with Crippen LogP contribution in [0.15, 0.2) is 54.6 Å². The Kier molecular flexibility index (Phi) is 5.76. The van der Waals surface area contributed by atoms with Gasteiger partial charge >= 0.3 is 0 Å². The molecule has 0 aliphatic carbocycles. The lowest BCUT2D eigenvalue weighted by molar-refractivity contribution is 0.180. The number of ether oxygens (including phenoxy) is 1. The molecule has 1 atom stereocenters. The zero-order valence-corrected chi connectivity index (χ0v) is 15.4. The van der Waals surface area contributed by atoms with Crippen molar-refractivity contribution in [2.45, 2.75) is 25.5 Å². The summed E-state index contributed by atoms with van der Waals surface area (Å²) >= 11 is 0. The summed E-state index contributed by atoms with van der Waals surface area (Å²) in [5, 5.41) is 0. The van der Waals surface area contributed by atoms with Gasteiger partial charge in [-0.05, 0) is 43.0 Å². The van der Waals surface area contributed by atoms with Gasteiger partial charge in [0.05, 0.1) is 12.4 Å². The first-order valence-corrected chi connectivity index (χ1v) is 10.3. The highest BCUT2D eigenvalue weighted by atomic mass is 32.2. The molecule has 1 saturated heterocycles. The minimum Gasteiger partial charge on any atom is -0.493 e. The van der Waals surface area contributed by atoms with Crippen LogP contribution in [0.4, 0.5) is 0 Å². The third-order valence-corrected chi connectivity index (χ3v) is 6.36. The molecule has 1 unspecified atom stereocenters. The Labute approximate surface area is 150 Å². The molecular weight excluding hydrogens is 334 g/mol. The van der Waals surface area contributed by atoms with Gasteiger partial charge in [-0.15, -0.1) is 0 Å². The van der Waals surface area contributed by atoms with Crippen molar-refractivity contribution in [1.82, 2.24) is 4.31 Å². The van der Waals surface area contributed by atoms with Gasteiger partial charge < -0.3 is 4.74 Å². The average Bonchev–Trinajstić information content (AvgIpc) is 2.61. The second kappa shape index (κ2) is 8.02. The van der Waals surface area contributed by atoms with Gasteiger partial charge in [0, 0.05) is 19.0 Å². The lowest BCUT2D eigenvalue weighted by atomic mass is 10.0. The van der Waals surface area contributed by atoms with Crippen LogP contribution in [-0.4, -0.2) is 32.4 Å². The van der Waals surface area contributed by atoms with Crippen LogP contribution in [0.25, 0.3) is 0 Å².